The predicted octanol–water partition coefficient (Wildman–Crippen LogP) is 3.53. The van der Waals surface area contributed by atoms with E-state index in [1.54, 1.807) is 0 Å². The molecule has 0 aliphatic rings. The Balaban J connectivity index is 3.50. The molecule has 0 fully saturated rings. The van der Waals surface area contributed by atoms with Crippen LogP contribution in [-0.2, 0) is 12.8 Å². The molecule has 0 aromatic heterocycles. The van der Waals surface area contributed by atoms with Crippen molar-refractivity contribution in [2.45, 2.75) is 19.8 Å². The minimum atomic E-state index is -1.33. The molecule has 82 valence electrons. The fraction of sp³-hybridized carbons (Fsp3) is 0.273. The smallest absolute Gasteiger partial charge is 0.165 e. The third kappa shape index (κ3) is 1.89. The third-order valence-electron chi connectivity index (χ3n) is 2.15. The van der Waals surface area contributed by atoms with Crippen molar-refractivity contribution >= 4 is 0 Å². The van der Waals surface area contributed by atoms with E-state index < -0.39 is 34.4 Å². The average molecular weight is 218 g/mol. The van der Waals surface area contributed by atoms with Crippen LogP contribution in [0.2, 0.25) is 0 Å². The maximum absolute atomic E-state index is 13.2. The van der Waals surface area contributed by atoms with Gasteiger partial charge in [0.15, 0.2) is 23.3 Å². The molecular formula is C11H10F4. The molecular weight excluding hydrogens is 208 g/mol. The van der Waals surface area contributed by atoms with Crippen LogP contribution in [0.15, 0.2) is 12.7 Å². The number of benzene rings is 1. The Labute approximate surface area is 85.2 Å². The second kappa shape index (κ2) is 4.47. The van der Waals surface area contributed by atoms with Crippen LogP contribution in [0, 0.1) is 23.3 Å². The quantitative estimate of drug-likeness (QED) is 0.413. The summed E-state index contributed by atoms with van der Waals surface area (Å²) >= 11 is 0. The summed E-state index contributed by atoms with van der Waals surface area (Å²) in [4.78, 5) is 0. The lowest BCUT2D eigenvalue weighted by Crippen LogP contribution is -2.07. The molecule has 0 atom stereocenters. The molecule has 0 saturated carbocycles. The second-order valence-electron chi connectivity index (χ2n) is 3.06. The Morgan fingerprint density at radius 1 is 0.933 bits per heavy atom. The van der Waals surface area contributed by atoms with Crippen LogP contribution in [0.4, 0.5) is 17.6 Å². The first-order valence-corrected chi connectivity index (χ1v) is 4.49. The maximum atomic E-state index is 13.2. The first-order chi connectivity index (χ1) is 7.04. The molecule has 0 saturated heterocycles. The molecule has 0 N–H and O–H groups in total. The Morgan fingerprint density at radius 3 is 1.67 bits per heavy atom. The first-order valence-electron chi connectivity index (χ1n) is 4.49. The van der Waals surface area contributed by atoms with Gasteiger partial charge in [-0.05, 0) is 12.8 Å². The molecule has 1 rings (SSSR count). The van der Waals surface area contributed by atoms with Gasteiger partial charge >= 0.3 is 0 Å². The summed E-state index contributed by atoms with van der Waals surface area (Å²) in [5.41, 5.74) is -1.17. The van der Waals surface area contributed by atoms with E-state index in [1.165, 1.54) is 13.0 Å². The van der Waals surface area contributed by atoms with Crippen molar-refractivity contribution in [2.75, 3.05) is 0 Å². The molecule has 0 unspecified atom stereocenters. The average Bonchev–Trinajstić information content (AvgIpc) is 2.23. The molecule has 0 radical (unpaired) electrons. The third-order valence-corrected chi connectivity index (χ3v) is 2.15. The van der Waals surface area contributed by atoms with Crippen LogP contribution in [0.5, 0.6) is 0 Å². The van der Waals surface area contributed by atoms with Gasteiger partial charge in [0.25, 0.3) is 0 Å². The fourth-order valence-corrected chi connectivity index (χ4v) is 1.36. The topological polar surface area (TPSA) is 0 Å². The van der Waals surface area contributed by atoms with Crippen LogP contribution >= 0.6 is 0 Å². The molecule has 0 nitrogen and oxygen atoms in total. The van der Waals surface area contributed by atoms with E-state index in [9.17, 15) is 17.6 Å². The van der Waals surface area contributed by atoms with Crippen LogP contribution in [0.3, 0.4) is 0 Å². The molecule has 0 aliphatic heterocycles. The van der Waals surface area contributed by atoms with Gasteiger partial charge in [0.05, 0.1) is 0 Å². The monoisotopic (exact) mass is 218 g/mol. The lowest BCUT2D eigenvalue weighted by molar-refractivity contribution is 0.429. The lowest BCUT2D eigenvalue weighted by atomic mass is 10.0. The van der Waals surface area contributed by atoms with E-state index in [0.717, 1.165) is 0 Å². The molecule has 1 aromatic rings. The summed E-state index contributed by atoms with van der Waals surface area (Å²) in [6.45, 7) is 4.69. The SMILES string of the molecule is C=CCc1c(F)c(F)c(CC)c(F)c1F. The molecule has 0 aliphatic carbocycles. The van der Waals surface area contributed by atoms with E-state index in [4.69, 9.17) is 0 Å². The van der Waals surface area contributed by atoms with Crippen LogP contribution in [0.1, 0.15) is 18.1 Å². The van der Waals surface area contributed by atoms with Gasteiger partial charge in [0.2, 0.25) is 0 Å². The Morgan fingerprint density at radius 2 is 1.33 bits per heavy atom. The van der Waals surface area contributed by atoms with Gasteiger partial charge in [0, 0.05) is 11.1 Å². The van der Waals surface area contributed by atoms with Crippen molar-refractivity contribution in [1.82, 2.24) is 0 Å². The van der Waals surface area contributed by atoms with Crippen molar-refractivity contribution in [3.05, 3.63) is 47.1 Å². The Kier molecular flexibility index (Phi) is 3.50. The van der Waals surface area contributed by atoms with Crippen LogP contribution < -0.4 is 0 Å². The van der Waals surface area contributed by atoms with Crippen molar-refractivity contribution in [3.8, 4) is 0 Å². The number of hydrogen-bond acceptors (Lipinski definition) is 0. The molecule has 0 bridgehead atoms. The first kappa shape index (κ1) is 11.8. The van der Waals surface area contributed by atoms with E-state index in [0.29, 0.717) is 0 Å². The van der Waals surface area contributed by atoms with Gasteiger partial charge < -0.3 is 0 Å². The summed E-state index contributed by atoms with van der Waals surface area (Å²) in [6, 6.07) is 0. The van der Waals surface area contributed by atoms with Crippen molar-refractivity contribution in [2.24, 2.45) is 0 Å². The van der Waals surface area contributed by atoms with Crippen LogP contribution in [0.25, 0.3) is 0 Å². The number of hydrogen-bond donors (Lipinski definition) is 0. The summed E-state index contributed by atoms with van der Waals surface area (Å²) in [6.07, 6.45) is 0.849. The van der Waals surface area contributed by atoms with Crippen molar-refractivity contribution in [3.63, 3.8) is 0 Å². The second-order valence-corrected chi connectivity index (χ2v) is 3.06. The summed E-state index contributed by atoms with van der Waals surface area (Å²) in [5.74, 6) is -5.28. The minimum absolute atomic E-state index is 0.0973. The largest absolute Gasteiger partial charge is 0.203 e. The zero-order valence-corrected chi connectivity index (χ0v) is 8.21. The number of halogens is 4. The van der Waals surface area contributed by atoms with Gasteiger partial charge in [-0.1, -0.05) is 13.0 Å². The molecule has 0 heterocycles. The van der Waals surface area contributed by atoms with Gasteiger partial charge in [-0.25, -0.2) is 17.6 Å². The highest BCUT2D eigenvalue weighted by Gasteiger charge is 2.23. The maximum Gasteiger partial charge on any atom is 0.165 e. The van der Waals surface area contributed by atoms with Crippen LogP contribution in [-0.4, -0.2) is 0 Å². The zero-order chi connectivity index (χ0) is 11.6. The van der Waals surface area contributed by atoms with Gasteiger partial charge in [-0.2, -0.15) is 0 Å². The minimum Gasteiger partial charge on any atom is -0.203 e. The standard InChI is InChI=1S/C11H10F4/c1-3-5-7-10(14)8(12)6(4-2)9(13)11(7)15/h3H,1,4-5H2,2H3. The molecule has 0 spiro atoms. The summed E-state index contributed by atoms with van der Waals surface area (Å²) < 4.78 is 52.9. The van der Waals surface area contributed by atoms with Gasteiger partial charge in [-0.15, -0.1) is 6.58 Å². The van der Waals surface area contributed by atoms with E-state index in [1.807, 2.05) is 0 Å². The summed E-state index contributed by atoms with van der Waals surface area (Å²) in [5, 5.41) is 0. The summed E-state index contributed by atoms with van der Waals surface area (Å²) in [7, 11) is 0. The highest BCUT2D eigenvalue weighted by atomic mass is 19.2. The van der Waals surface area contributed by atoms with Gasteiger partial charge in [-0.3, -0.25) is 0 Å². The normalized spacial score (nSPS) is 10.5. The Bertz CT molecular complexity index is 367. The number of rotatable bonds is 3. The van der Waals surface area contributed by atoms with Gasteiger partial charge in [0.1, 0.15) is 0 Å². The molecule has 0 amide bonds. The highest BCUT2D eigenvalue weighted by molar-refractivity contribution is 5.31. The van der Waals surface area contributed by atoms with E-state index in [-0.39, 0.29) is 12.8 Å². The number of allylic oxidation sites excluding steroid dienone is 1. The molecule has 1 aromatic carbocycles. The van der Waals surface area contributed by atoms with Crippen molar-refractivity contribution < 1.29 is 17.6 Å². The zero-order valence-electron chi connectivity index (χ0n) is 8.21. The van der Waals surface area contributed by atoms with Crippen molar-refractivity contribution in [1.29, 1.82) is 0 Å². The Hall–Kier alpha value is -1.32. The van der Waals surface area contributed by atoms with E-state index in [2.05, 4.69) is 6.58 Å². The molecule has 4 heteroatoms. The highest BCUT2D eigenvalue weighted by Crippen LogP contribution is 2.24. The lowest BCUT2D eigenvalue weighted by Gasteiger charge is -2.09. The molecule has 15 heavy (non-hydrogen) atoms. The predicted molar refractivity (Wildman–Crippen MR) is 49.6 cm³/mol. The fourth-order valence-electron chi connectivity index (χ4n) is 1.36. The van der Waals surface area contributed by atoms with E-state index >= 15 is 0 Å².